The smallest absolute Gasteiger partial charge is 0.0725 e. The van der Waals surface area contributed by atoms with Gasteiger partial charge in [0.2, 0.25) is 0 Å². The third-order valence-corrected chi connectivity index (χ3v) is 12.8. The highest BCUT2D eigenvalue weighted by Gasteiger charge is 2.51. The second-order valence-electron chi connectivity index (χ2n) is 14.0. The van der Waals surface area contributed by atoms with Crippen LogP contribution < -0.4 is 0 Å². The Hall–Kier alpha value is -6.22. The molecule has 0 saturated heterocycles. The van der Waals surface area contributed by atoms with Gasteiger partial charge in [-0.15, -0.1) is 11.3 Å². The van der Waals surface area contributed by atoms with Crippen molar-refractivity contribution in [3.8, 4) is 39.1 Å². The highest BCUT2D eigenvalue weighted by molar-refractivity contribution is 7.25. The second-order valence-corrected chi connectivity index (χ2v) is 15.1. The normalized spacial score (nSPS) is 13.6. The van der Waals surface area contributed by atoms with Crippen molar-refractivity contribution in [2.75, 3.05) is 0 Å². The molecule has 8 aromatic carbocycles. The molecule has 0 saturated carbocycles. The van der Waals surface area contributed by atoms with Crippen LogP contribution in [0.15, 0.2) is 176 Å². The lowest BCUT2D eigenvalue weighted by Crippen LogP contribution is -2.25. The first kappa shape index (κ1) is 27.6. The van der Waals surface area contributed by atoms with Crippen molar-refractivity contribution < 1.29 is 0 Å². The van der Waals surface area contributed by atoms with E-state index in [0.717, 1.165) is 0 Å². The van der Waals surface area contributed by atoms with E-state index in [0.29, 0.717) is 0 Å². The van der Waals surface area contributed by atoms with Crippen LogP contribution in [0, 0.1) is 0 Å². The van der Waals surface area contributed by atoms with Gasteiger partial charge in [-0.05, 0) is 104 Å². The van der Waals surface area contributed by atoms with Gasteiger partial charge in [0.05, 0.1) is 16.4 Å². The maximum atomic E-state index is 2.45. The third kappa shape index (κ3) is 3.50. The van der Waals surface area contributed by atoms with E-state index in [1.54, 1.807) is 0 Å². The average Bonchev–Trinajstić information content (AvgIpc) is 3.91. The molecule has 236 valence electrons. The van der Waals surface area contributed by atoms with E-state index in [4.69, 9.17) is 0 Å². The van der Waals surface area contributed by atoms with Gasteiger partial charge < -0.3 is 4.57 Å². The molecular formula is C49H29NS. The Bertz CT molecular complexity index is 3000. The lowest BCUT2D eigenvalue weighted by atomic mass is 9.70. The number of nitrogens with zero attached hydrogens (tertiary/aromatic N) is 1. The van der Waals surface area contributed by atoms with Crippen LogP contribution in [0.25, 0.3) is 81.0 Å². The zero-order valence-corrected chi connectivity index (χ0v) is 28.4. The summed E-state index contributed by atoms with van der Waals surface area (Å²) in [6.45, 7) is 0. The highest BCUT2D eigenvalue weighted by atomic mass is 32.1. The van der Waals surface area contributed by atoms with Crippen LogP contribution in [-0.2, 0) is 5.41 Å². The Labute approximate surface area is 299 Å². The van der Waals surface area contributed by atoms with E-state index in [1.165, 1.54) is 103 Å². The largest absolute Gasteiger partial charge is 0.309 e. The summed E-state index contributed by atoms with van der Waals surface area (Å²) < 4.78 is 5.05. The number of fused-ring (bicyclic) bond motifs is 16. The van der Waals surface area contributed by atoms with Crippen LogP contribution in [0.2, 0.25) is 0 Å². The monoisotopic (exact) mass is 663 g/mol. The number of hydrogen-bond donors (Lipinski definition) is 0. The molecule has 0 N–H and O–H groups in total. The van der Waals surface area contributed by atoms with Gasteiger partial charge in [-0.2, -0.15) is 0 Å². The fraction of sp³-hybridized carbons (Fsp3) is 0.0204. The quantitative estimate of drug-likeness (QED) is 0.173. The summed E-state index contributed by atoms with van der Waals surface area (Å²) in [4.78, 5) is 0. The maximum Gasteiger partial charge on any atom is 0.0725 e. The van der Waals surface area contributed by atoms with Crippen LogP contribution in [0.4, 0.5) is 0 Å². The van der Waals surface area contributed by atoms with Gasteiger partial charge in [0, 0.05) is 36.6 Å². The summed E-state index contributed by atoms with van der Waals surface area (Å²) in [5, 5.41) is 5.19. The molecule has 10 aromatic rings. The van der Waals surface area contributed by atoms with Crippen molar-refractivity contribution in [3.05, 3.63) is 198 Å². The van der Waals surface area contributed by atoms with Gasteiger partial charge in [0.1, 0.15) is 0 Å². The first-order valence-electron chi connectivity index (χ1n) is 17.7. The minimum Gasteiger partial charge on any atom is -0.309 e. The van der Waals surface area contributed by atoms with E-state index in [1.807, 2.05) is 11.3 Å². The summed E-state index contributed by atoms with van der Waals surface area (Å²) in [6.07, 6.45) is 0. The molecule has 0 atom stereocenters. The molecule has 1 spiro atoms. The van der Waals surface area contributed by atoms with Crippen molar-refractivity contribution in [2.24, 2.45) is 0 Å². The summed E-state index contributed by atoms with van der Waals surface area (Å²) in [6, 6.07) is 65.9. The van der Waals surface area contributed by atoms with E-state index in [9.17, 15) is 0 Å². The molecule has 51 heavy (non-hydrogen) atoms. The van der Waals surface area contributed by atoms with Crippen LogP contribution in [-0.4, -0.2) is 4.57 Å². The summed E-state index contributed by atoms with van der Waals surface area (Å²) in [7, 11) is 0. The molecule has 0 bridgehead atoms. The molecule has 2 aromatic heterocycles. The van der Waals surface area contributed by atoms with Gasteiger partial charge in [-0.25, -0.2) is 0 Å². The first-order valence-corrected chi connectivity index (χ1v) is 18.5. The van der Waals surface area contributed by atoms with Gasteiger partial charge in [-0.3, -0.25) is 0 Å². The molecule has 0 radical (unpaired) electrons. The SMILES string of the molecule is c1ccc2c(c1)-c1ccccc1C21c2ccccc2-c2cc(-c3ccc4sc5ccc(-n6c7ccccc7c7ccccc76)cc5c4c3)ccc21. The minimum atomic E-state index is -0.311. The Morgan fingerprint density at radius 2 is 0.824 bits per heavy atom. The molecule has 0 amide bonds. The van der Waals surface area contributed by atoms with E-state index < -0.39 is 0 Å². The number of hydrogen-bond acceptors (Lipinski definition) is 1. The van der Waals surface area contributed by atoms with Gasteiger partial charge in [0.25, 0.3) is 0 Å². The summed E-state index contributed by atoms with van der Waals surface area (Å²) in [5.74, 6) is 0. The van der Waals surface area contributed by atoms with E-state index in [2.05, 4.69) is 180 Å². The molecule has 2 heteroatoms. The van der Waals surface area contributed by atoms with E-state index in [-0.39, 0.29) is 5.41 Å². The summed E-state index contributed by atoms with van der Waals surface area (Å²) in [5.41, 5.74) is 16.7. The minimum absolute atomic E-state index is 0.311. The summed E-state index contributed by atoms with van der Waals surface area (Å²) >= 11 is 1.88. The predicted molar refractivity (Wildman–Crippen MR) is 215 cm³/mol. The van der Waals surface area contributed by atoms with E-state index >= 15 is 0 Å². The third-order valence-electron chi connectivity index (χ3n) is 11.6. The fourth-order valence-electron chi connectivity index (χ4n) is 9.56. The molecular weight excluding hydrogens is 635 g/mol. The fourth-order valence-corrected chi connectivity index (χ4v) is 10.6. The van der Waals surface area contributed by atoms with Crippen LogP contribution in [0.1, 0.15) is 22.3 Å². The average molecular weight is 664 g/mol. The molecule has 0 fully saturated rings. The zero-order chi connectivity index (χ0) is 33.3. The molecule has 2 aliphatic rings. The maximum absolute atomic E-state index is 2.45. The van der Waals surface area contributed by atoms with Crippen molar-refractivity contribution in [2.45, 2.75) is 5.41 Å². The standard InChI is InChI=1S/C49H29NS/c1-6-16-41-33(11-1)34-12-2-7-17-42(34)49(41)43-18-8-3-13-35(43)38-27-30(21-24-44(38)49)31-22-25-47-39(28-31)40-29-32(23-26-48(40)51-47)50-45-19-9-4-14-36(45)37-15-5-10-20-46(37)50/h1-29H. The number of para-hydroxylation sites is 2. The van der Waals surface area contributed by atoms with Gasteiger partial charge in [0.15, 0.2) is 0 Å². The topological polar surface area (TPSA) is 4.93 Å². The van der Waals surface area contributed by atoms with Gasteiger partial charge in [-0.1, -0.05) is 127 Å². The molecule has 0 aliphatic heterocycles. The molecule has 2 heterocycles. The van der Waals surface area contributed by atoms with Crippen molar-refractivity contribution >= 4 is 53.3 Å². The Balaban J connectivity index is 1.05. The number of thiophene rings is 1. The number of aromatic nitrogens is 1. The highest BCUT2D eigenvalue weighted by Crippen LogP contribution is 2.63. The van der Waals surface area contributed by atoms with Crippen LogP contribution >= 0.6 is 11.3 Å². The van der Waals surface area contributed by atoms with Crippen molar-refractivity contribution in [3.63, 3.8) is 0 Å². The molecule has 0 unspecified atom stereocenters. The predicted octanol–water partition coefficient (Wildman–Crippen LogP) is 13.2. The Kier molecular flexibility index (Phi) is 5.38. The van der Waals surface area contributed by atoms with Gasteiger partial charge >= 0.3 is 0 Å². The molecule has 1 nitrogen and oxygen atoms in total. The Morgan fingerprint density at radius 1 is 0.353 bits per heavy atom. The zero-order valence-electron chi connectivity index (χ0n) is 27.6. The van der Waals surface area contributed by atoms with Crippen molar-refractivity contribution in [1.82, 2.24) is 4.57 Å². The van der Waals surface area contributed by atoms with Crippen molar-refractivity contribution in [1.29, 1.82) is 0 Å². The first-order chi connectivity index (χ1) is 25.3. The van der Waals surface area contributed by atoms with Crippen LogP contribution in [0.3, 0.4) is 0 Å². The number of benzene rings is 8. The Morgan fingerprint density at radius 3 is 1.47 bits per heavy atom. The van der Waals surface area contributed by atoms with Crippen LogP contribution in [0.5, 0.6) is 0 Å². The lowest BCUT2D eigenvalue weighted by molar-refractivity contribution is 0.794. The second kappa shape index (κ2) is 9.94. The lowest BCUT2D eigenvalue weighted by Gasteiger charge is -2.30. The molecule has 12 rings (SSSR count). The molecule has 2 aliphatic carbocycles. The number of rotatable bonds is 2.